The lowest BCUT2D eigenvalue weighted by molar-refractivity contribution is -0.139. The highest BCUT2D eigenvalue weighted by Gasteiger charge is 2.33. The highest BCUT2D eigenvalue weighted by molar-refractivity contribution is 7.92. The molecule has 2 atom stereocenters. The summed E-state index contributed by atoms with van der Waals surface area (Å²) in [5.74, 6) is -0.910. The Kier molecular flexibility index (Phi) is 10.4. The number of amides is 2. The number of carbonyl (C=O) groups is 2. The molecule has 0 radical (unpaired) electrons. The Bertz CT molecular complexity index is 1420. The van der Waals surface area contributed by atoms with Crippen LogP contribution in [0.1, 0.15) is 38.3 Å². The maximum Gasteiger partial charge on any atom is 0.264 e. The van der Waals surface area contributed by atoms with Gasteiger partial charge in [-0.05, 0) is 68.7 Å². The number of anilines is 1. The number of hydrogen-bond donors (Lipinski definition) is 1. The maximum atomic E-state index is 14.0. The molecule has 208 valence electrons. The predicted octanol–water partition coefficient (Wildman–Crippen LogP) is 5.83. The Morgan fingerprint density at radius 1 is 0.949 bits per heavy atom. The number of halogens is 2. The quantitative estimate of drug-likeness (QED) is 0.305. The number of nitrogens with one attached hydrogen (secondary N) is 1. The molecule has 0 bridgehead atoms. The molecular weight excluding hydrogens is 557 g/mol. The summed E-state index contributed by atoms with van der Waals surface area (Å²) < 4.78 is 28.7. The van der Waals surface area contributed by atoms with E-state index in [1.165, 1.54) is 17.0 Å². The van der Waals surface area contributed by atoms with Crippen molar-refractivity contribution in [3.8, 4) is 0 Å². The summed E-state index contributed by atoms with van der Waals surface area (Å²) in [7, 11) is -4.12. The van der Waals surface area contributed by atoms with Crippen molar-refractivity contribution in [2.24, 2.45) is 0 Å². The number of hydrogen-bond acceptors (Lipinski definition) is 4. The van der Waals surface area contributed by atoms with Crippen LogP contribution in [0.4, 0.5) is 5.69 Å². The minimum atomic E-state index is -4.12. The molecule has 0 aliphatic carbocycles. The first-order chi connectivity index (χ1) is 18.4. The Balaban J connectivity index is 2.05. The summed E-state index contributed by atoms with van der Waals surface area (Å²) in [6.45, 7) is 6.68. The van der Waals surface area contributed by atoms with Crippen molar-refractivity contribution in [3.05, 3.63) is 94.0 Å². The molecule has 0 aliphatic heterocycles. The third-order valence-electron chi connectivity index (χ3n) is 6.52. The molecule has 0 aromatic heterocycles. The van der Waals surface area contributed by atoms with Gasteiger partial charge in [-0.25, -0.2) is 8.42 Å². The van der Waals surface area contributed by atoms with Crippen molar-refractivity contribution in [2.75, 3.05) is 10.8 Å². The Hall–Kier alpha value is -3.07. The van der Waals surface area contributed by atoms with Crippen molar-refractivity contribution in [3.63, 3.8) is 0 Å². The molecule has 0 heterocycles. The number of sulfonamides is 1. The molecule has 0 fully saturated rings. The number of rotatable bonds is 11. The normalized spacial score (nSPS) is 12.9. The van der Waals surface area contributed by atoms with E-state index in [1.54, 1.807) is 74.5 Å². The van der Waals surface area contributed by atoms with Crippen LogP contribution in [0.25, 0.3) is 0 Å². The molecule has 3 rings (SSSR count). The molecule has 0 spiro atoms. The first-order valence-corrected chi connectivity index (χ1v) is 14.8. The molecule has 0 aliphatic rings. The minimum absolute atomic E-state index is 0.0169. The van der Waals surface area contributed by atoms with E-state index in [0.717, 1.165) is 4.31 Å². The first-order valence-electron chi connectivity index (χ1n) is 12.6. The van der Waals surface area contributed by atoms with Gasteiger partial charge in [0.05, 0.1) is 10.6 Å². The van der Waals surface area contributed by atoms with Crippen molar-refractivity contribution in [1.82, 2.24) is 10.2 Å². The van der Waals surface area contributed by atoms with Crippen molar-refractivity contribution in [1.29, 1.82) is 0 Å². The molecule has 3 aromatic carbocycles. The van der Waals surface area contributed by atoms with Gasteiger partial charge in [-0.15, -0.1) is 0 Å². The molecule has 0 saturated carbocycles. The van der Waals surface area contributed by atoms with Crippen LogP contribution in [-0.2, 0) is 26.2 Å². The molecule has 2 amide bonds. The van der Waals surface area contributed by atoms with E-state index in [9.17, 15) is 18.0 Å². The average Bonchev–Trinajstić information content (AvgIpc) is 2.91. The van der Waals surface area contributed by atoms with E-state index in [1.807, 2.05) is 13.8 Å². The SMILES string of the molecule is CC[C@H](C)NC(=O)[C@@H](C)N(Cc1ccc(Cl)cc1Cl)C(=O)CN(c1ccccc1C)S(=O)(=O)c1ccccc1. The third-order valence-corrected chi connectivity index (χ3v) is 8.88. The number of aryl methyl sites for hydroxylation is 1. The number of nitrogens with zero attached hydrogens (tertiary/aromatic N) is 2. The Labute approximate surface area is 240 Å². The number of benzene rings is 3. The minimum Gasteiger partial charge on any atom is -0.352 e. The zero-order chi connectivity index (χ0) is 28.7. The van der Waals surface area contributed by atoms with Crippen molar-refractivity contribution >= 4 is 50.7 Å². The van der Waals surface area contributed by atoms with Crippen LogP contribution in [0.5, 0.6) is 0 Å². The highest BCUT2D eigenvalue weighted by Crippen LogP contribution is 2.28. The van der Waals surface area contributed by atoms with Crippen LogP contribution in [0.3, 0.4) is 0 Å². The molecule has 0 unspecified atom stereocenters. The van der Waals surface area contributed by atoms with Gasteiger partial charge in [0.15, 0.2) is 0 Å². The topological polar surface area (TPSA) is 86.8 Å². The van der Waals surface area contributed by atoms with E-state index in [4.69, 9.17) is 23.2 Å². The second-order valence-corrected chi connectivity index (χ2v) is 12.1. The summed E-state index contributed by atoms with van der Waals surface area (Å²) in [4.78, 5) is 28.5. The van der Waals surface area contributed by atoms with Crippen LogP contribution in [0, 0.1) is 6.92 Å². The van der Waals surface area contributed by atoms with Gasteiger partial charge in [-0.1, -0.05) is 72.6 Å². The van der Waals surface area contributed by atoms with Crippen LogP contribution >= 0.6 is 23.2 Å². The average molecular weight is 591 g/mol. The molecule has 1 N–H and O–H groups in total. The van der Waals surface area contributed by atoms with E-state index in [-0.39, 0.29) is 23.4 Å². The second-order valence-electron chi connectivity index (χ2n) is 9.36. The fourth-order valence-electron chi connectivity index (χ4n) is 3.96. The number of para-hydroxylation sites is 1. The van der Waals surface area contributed by atoms with Gasteiger partial charge in [0, 0.05) is 22.6 Å². The van der Waals surface area contributed by atoms with Gasteiger partial charge in [-0.3, -0.25) is 13.9 Å². The van der Waals surface area contributed by atoms with Gasteiger partial charge < -0.3 is 10.2 Å². The zero-order valence-electron chi connectivity index (χ0n) is 22.4. The summed E-state index contributed by atoms with van der Waals surface area (Å²) in [5, 5.41) is 3.68. The van der Waals surface area contributed by atoms with Crippen molar-refractivity contribution in [2.45, 2.75) is 57.6 Å². The van der Waals surface area contributed by atoms with Crippen molar-refractivity contribution < 1.29 is 18.0 Å². The fraction of sp³-hybridized carbons (Fsp3) is 0.310. The molecular formula is C29H33Cl2N3O4S. The molecule has 3 aromatic rings. The van der Waals surface area contributed by atoms with E-state index >= 15 is 0 Å². The molecule has 7 nitrogen and oxygen atoms in total. The largest absolute Gasteiger partial charge is 0.352 e. The lowest BCUT2D eigenvalue weighted by Crippen LogP contribution is -2.52. The van der Waals surface area contributed by atoms with Crippen LogP contribution < -0.4 is 9.62 Å². The number of carbonyl (C=O) groups excluding carboxylic acids is 2. The predicted molar refractivity (Wildman–Crippen MR) is 157 cm³/mol. The van der Waals surface area contributed by atoms with Crippen LogP contribution in [0.2, 0.25) is 10.0 Å². The Morgan fingerprint density at radius 3 is 2.21 bits per heavy atom. The summed E-state index contributed by atoms with van der Waals surface area (Å²) in [6, 6.07) is 18.8. The molecule has 10 heteroatoms. The lowest BCUT2D eigenvalue weighted by Gasteiger charge is -2.33. The standard InChI is InChI=1S/C29H33Cl2N3O4S/c1-5-21(3)32-29(36)22(4)33(18-23-15-16-24(30)17-26(23)31)28(35)19-34(27-14-10-9-11-20(27)2)39(37,38)25-12-7-6-8-13-25/h6-17,21-22H,5,18-19H2,1-4H3,(H,32,36)/t21-,22+/m0/s1. The van der Waals surface area contributed by atoms with E-state index in [0.29, 0.717) is 33.3 Å². The molecule has 39 heavy (non-hydrogen) atoms. The van der Waals surface area contributed by atoms with Gasteiger partial charge in [0.2, 0.25) is 11.8 Å². The van der Waals surface area contributed by atoms with Crippen LogP contribution in [-0.4, -0.2) is 43.8 Å². The van der Waals surface area contributed by atoms with Gasteiger partial charge in [0.1, 0.15) is 12.6 Å². The van der Waals surface area contributed by atoms with E-state index < -0.39 is 28.5 Å². The summed E-state index contributed by atoms with van der Waals surface area (Å²) in [5.41, 5.74) is 1.63. The van der Waals surface area contributed by atoms with Gasteiger partial charge in [-0.2, -0.15) is 0 Å². The smallest absolute Gasteiger partial charge is 0.264 e. The highest BCUT2D eigenvalue weighted by atomic mass is 35.5. The lowest BCUT2D eigenvalue weighted by atomic mass is 10.1. The maximum absolute atomic E-state index is 14.0. The van der Waals surface area contributed by atoms with Crippen LogP contribution in [0.15, 0.2) is 77.7 Å². The Morgan fingerprint density at radius 2 is 1.59 bits per heavy atom. The third kappa shape index (κ3) is 7.53. The van der Waals surface area contributed by atoms with Gasteiger partial charge >= 0.3 is 0 Å². The summed E-state index contributed by atoms with van der Waals surface area (Å²) in [6.07, 6.45) is 0.714. The second kappa shape index (κ2) is 13.3. The van der Waals surface area contributed by atoms with Gasteiger partial charge in [0.25, 0.3) is 10.0 Å². The van der Waals surface area contributed by atoms with E-state index in [2.05, 4.69) is 5.32 Å². The summed E-state index contributed by atoms with van der Waals surface area (Å²) >= 11 is 12.5. The monoisotopic (exact) mass is 589 g/mol. The molecule has 0 saturated heterocycles. The first kappa shape index (κ1) is 30.5. The fourth-order valence-corrected chi connectivity index (χ4v) is 5.93. The zero-order valence-corrected chi connectivity index (χ0v) is 24.7.